The SMILES string of the molecule is Cl.Nc1ccc2c(c1)CCCC2NC(=O)COc1ccc(Cl)cc1Cl. The first-order chi connectivity index (χ1) is 11.5. The van der Waals surface area contributed by atoms with Crippen molar-refractivity contribution in [3.8, 4) is 5.75 Å². The second kappa shape index (κ2) is 8.65. The summed E-state index contributed by atoms with van der Waals surface area (Å²) in [4.78, 5) is 12.2. The molecule has 0 bridgehead atoms. The van der Waals surface area contributed by atoms with Crippen molar-refractivity contribution in [1.29, 1.82) is 0 Å². The summed E-state index contributed by atoms with van der Waals surface area (Å²) in [5.74, 6) is 0.253. The highest BCUT2D eigenvalue weighted by molar-refractivity contribution is 6.35. The van der Waals surface area contributed by atoms with E-state index in [2.05, 4.69) is 5.32 Å². The van der Waals surface area contributed by atoms with E-state index in [4.69, 9.17) is 33.7 Å². The summed E-state index contributed by atoms with van der Waals surface area (Å²) in [7, 11) is 0. The molecule has 1 atom stereocenters. The fourth-order valence-corrected chi connectivity index (χ4v) is 3.42. The van der Waals surface area contributed by atoms with Gasteiger partial charge in [-0.2, -0.15) is 0 Å². The van der Waals surface area contributed by atoms with Gasteiger partial charge in [-0.05, 0) is 60.7 Å². The lowest BCUT2D eigenvalue weighted by molar-refractivity contribution is -0.123. The van der Waals surface area contributed by atoms with E-state index >= 15 is 0 Å². The van der Waals surface area contributed by atoms with Crippen molar-refractivity contribution in [2.75, 3.05) is 12.3 Å². The molecule has 0 aromatic heterocycles. The number of halogens is 3. The Morgan fingerprint density at radius 3 is 2.80 bits per heavy atom. The van der Waals surface area contributed by atoms with Gasteiger partial charge in [-0.15, -0.1) is 12.4 Å². The van der Waals surface area contributed by atoms with Crippen LogP contribution in [0.25, 0.3) is 0 Å². The second-order valence-corrected chi connectivity index (χ2v) is 6.68. The standard InChI is InChI=1S/C18H18Cl2N2O2.ClH/c19-12-4-7-17(15(20)9-12)24-10-18(23)22-16-3-1-2-11-8-13(21)5-6-14(11)16;/h4-9,16H,1-3,10,21H2,(H,22,23);1H. The molecule has 7 heteroatoms. The van der Waals surface area contributed by atoms with Gasteiger partial charge in [0.2, 0.25) is 0 Å². The maximum atomic E-state index is 12.2. The predicted octanol–water partition coefficient (Wildman–Crippen LogP) is 4.57. The Bertz CT molecular complexity index is 768. The van der Waals surface area contributed by atoms with Crippen LogP contribution in [0.3, 0.4) is 0 Å². The number of amides is 1. The Hall–Kier alpha value is -1.62. The van der Waals surface area contributed by atoms with Gasteiger partial charge in [0.1, 0.15) is 5.75 Å². The maximum absolute atomic E-state index is 12.2. The number of nitrogen functional groups attached to an aromatic ring is 1. The molecule has 0 heterocycles. The summed E-state index contributed by atoms with van der Waals surface area (Å²) in [5.41, 5.74) is 8.92. The summed E-state index contributed by atoms with van der Waals surface area (Å²) in [6.07, 6.45) is 2.92. The average molecular weight is 402 g/mol. The number of hydrogen-bond donors (Lipinski definition) is 2. The maximum Gasteiger partial charge on any atom is 0.258 e. The zero-order valence-electron chi connectivity index (χ0n) is 13.4. The third-order valence-electron chi connectivity index (χ3n) is 4.07. The number of ether oxygens (including phenoxy) is 1. The van der Waals surface area contributed by atoms with Crippen molar-refractivity contribution in [3.63, 3.8) is 0 Å². The first-order valence-corrected chi connectivity index (χ1v) is 8.54. The minimum atomic E-state index is -0.185. The molecule has 2 aromatic carbocycles. The van der Waals surface area contributed by atoms with Gasteiger partial charge in [0, 0.05) is 10.7 Å². The highest BCUT2D eigenvalue weighted by Gasteiger charge is 2.22. The highest BCUT2D eigenvalue weighted by Crippen LogP contribution is 2.31. The van der Waals surface area contributed by atoms with Gasteiger partial charge in [0.05, 0.1) is 11.1 Å². The lowest BCUT2D eigenvalue weighted by Crippen LogP contribution is -2.34. The number of carbonyl (C=O) groups excluding carboxylic acids is 1. The molecule has 1 aliphatic rings. The first-order valence-electron chi connectivity index (χ1n) is 7.78. The normalized spacial score (nSPS) is 15.7. The highest BCUT2D eigenvalue weighted by atomic mass is 35.5. The van der Waals surface area contributed by atoms with Crippen LogP contribution in [-0.2, 0) is 11.2 Å². The van der Waals surface area contributed by atoms with E-state index in [0.717, 1.165) is 30.5 Å². The third kappa shape index (κ3) is 4.94. The van der Waals surface area contributed by atoms with Crippen molar-refractivity contribution in [3.05, 3.63) is 57.6 Å². The van der Waals surface area contributed by atoms with Crippen molar-refractivity contribution >= 4 is 47.2 Å². The molecule has 0 aliphatic heterocycles. The smallest absolute Gasteiger partial charge is 0.258 e. The number of nitrogens with one attached hydrogen (secondary N) is 1. The van der Waals surface area contributed by atoms with Crippen LogP contribution in [-0.4, -0.2) is 12.5 Å². The molecule has 1 unspecified atom stereocenters. The number of fused-ring (bicyclic) bond motifs is 1. The van der Waals surface area contributed by atoms with Crippen LogP contribution in [0.2, 0.25) is 10.0 Å². The quantitative estimate of drug-likeness (QED) is 0.738. The Morgan fingerprint density at radius 2 is 2.04 bits per heavy atom. The monoisotopic (exact) mass is 400 g/mol. The molecule has 25 heavy (non-hydrogen) atoms. The second-order valence-electron chi connectivity index (χ2n) is 5.83. The van der Waals surface area contributed by atoms with Gasteiger partial charge in [0.15, 0.2) is 6.61 Å². The Labute approximate surface area is 163 Å². The molecule has 3 rings (SSSR count). The zero-order valence-corrected chi connectivity index (χ0v) is 15.8. The predicted molar refractivity (Wildman–Crippen MR) is 104 cm³/mol. The van der Waals surface area contributed by atoms with Crippen LogP contribution in [0, 0.1) is 0 Å². The molecule has 0 spiro atoms. The minimum Gasteiger partial charge on any atom is -0.482 e. The van der Waals surface area contributed by atoms with Gasteiger partial charge >= 0.3 is 0 Å². The molecule has 0 radical (unpaired) electrons. The number of nitrogens with two attached hydrogens (primary N) is 1. The zero-order chi connectivity index (χ0) is 17.1. The number of carbonyl (C=O) groups is 1. The van der Waals surface area contributed by atoms with E-state index in [1.54, 1.807) is 18.2 Å². The van der Waals surface area contributed by atoms with Crippen molar-refractivity contribution in [2.24, 2.45) is 0 Å². The van der Waals surface area contributed by atoms with Crippen molar-refractivity contribution in [2.45, 2.75) is 25.3 Å². The Balaban J connectivity index is 0.00000225. The lowest BCUT2D eigenvalue weighted by atomic mass is 9.87. The number of aryl methyl sites for hydroxylation is 1. The molecule has 1 amide bonds. The average Bonchev–Trinajstić information content (AvgIpc) is 2.54. The van der Waals surface area contributed by atoms with E-state index < -0.39 is 0 Å². The van der Waals surface area contributed by atoms with Gasteiger partial charge < -0.3 is 15.8 Å². The fourth-order valence-electron chi connectivity index (χ4n) is 2.96. The van der Waals surface area contributed by atoms with Gasteiger partial charge in [0.25, 0.3) is 5.91 Å². The van der Waals surface area contributed by atoms with Crippen LogP contribution >= 0.6 is 35.6 Å². The molecule has 1 aliphatic carbocycles. The van der Waals surface area contributed by atoms with E-state index in [1.165, 1.54) is 5.56 Å². The van der Waals surface area contributed by atoms with E-state index in [1.807, 2.05) is 18.2 Å². The molecule has 0 saturated carbocycles. The number of rotatable bonds is 4. The Kier molecular flexibility index (Phi) is 6.82. The van der Waals surface area contributed by atoms with Crippen LogP contribution in [0.5, 0.6) is 5.75 Å². The Morgan fingerprint density at radius 1 is 1.24 bits per heavy atom. The van der Waals surface area contributed by atoms with Crippen LogP contribution < -0.4 is 15.8 Å². The van der Waals surface area contributed by atoms with Gasteiger partial charge in [-0.25, -0.2) is 0 Å². The number of anilines is 1. The van der Waals surface area contributed by atoms with Crippen molar-refractivity contribution in [1.82, 2.24) is 5.32 Å². The molecule has 0 saturated heterocycles. The first kappa shape index (κ1) is 19.7. The van der Waals surface area contributed by atoms with E-state index in [-0.39, 0.29) is 31.0 Å². The van der Waals surface area contributed by atoms with Crippen LogP contribution in [0.15, 0.2) is 36.4 Å². The third-order valence-corrected chi connectivity index (χ3v) is 4.60. The topological polar surface area (TPSA) is 64.3 Å². The molecule has 0 fully saturated rings. The summed E-state index contributed by atoms with van der Waals surface area (Å²) < 4.78 is 5.48. The lowest BCUT2D eigenvalue weighted by Gasteiger charge is -2.26. The van der Waals surface area contributed by atoms with Crippen LogP contribution in [0.1, 0.15) is 30.0 Å². The fraction of sp³-hybridized carbons (Fsp3) is 0.278. The van der Waals surface area contributed by atoms with E-state index in [0.29, 0.717) is 15.8 Å². The van der Waals surface area contributed by atoms with E-state index in [9.17, 15) is 4.79 Å². The summed E-state index contributed by atoms with van der Waals surface area (Å²) in [6, 6.07) is 10.7. The van der Waals surface area contributed by atoms with Gasteiger partial charge in [-0.1, -0.05) is 29.3 Å². The minimum absolute atomic E-state index is 0. The number of hydrogen-bond acceptors (Lipinski definition) is 3. The molecule has 3 N–H and O–H groups in total. The summed E-state index contributed by atoms with van der Waals surface area (Å²) >= 11 is 11.9. The van der Waals surface area contributed by atoms with Crippen LogP contribution in [0.4, 0.5) is 5.69 Å². The molecular formula is C18H19Cl3N2O2. The molecule has 4 nitrogen and oxygen atoms in total. The van der Waals surface area contributed by atoms with Gasteiger partial charge in [-0.3, -0.25) is 4.79 Å². The largest absolute Gasteiger partial charge is 0.482 e. The molecule has 134 valence electrons. The number of benzene rings is 2. The molecular weight excluding hydrogens is 383 g/mol. The van der Waals surface area contributed by atoms with Crippen molar-refractivity contribution < 1.29 is 9.53 Å². The summed E-state index contributed by atoms with van der Waals surface area (Å²) in [6.45, 7) is -0.0951. The summed E-state index contributed by atoms with van der Waals surface area (Å²) in [5, 5.41) is 3.93. The molecule has 2 aromatic rings.